The Balaban J connectivity index is 3.23. The Bertz CT molecular complexity index is 441. The lowest BCUT2D eigenvalue weighted by Crippen LogP contribution is -2.08. The lowest BCUT2D eigenvalue weighted by molar-refractivity contribution is -0.109. The van der Waals surface area contributed by atoms with E-state index in [4.69, 9.17) is 0 Å². The highest BCUT2D eigenvalue weighted by molar-refractivity contribution is 8.07. The van der Waals surface area contributed by atoms with Gasteiger partial charge in [-0.3, -0.25) is 9.59 Å². The van der Waals surface area contributed by atoms with Crippen LogP contribution >= 0.6 is 11.3 Å². The van der Waals surface area contributed by atoms with E-state index in [1.807, 2.05) is 0 Å². The van der Waals surface area contributed by atoms with Gasteiger partial charge in [0.05, 0.1) is 4.88 Å². The molecular weight excluding hydrogens is 212 g/mol. The van der Waals surface area contributed by atoms with Gasteiger partial charge in [-0.15, -0.1) is 11.3 Å². The fourth-order valence-electron chi connectivity index (χ4n) is 0.661. The zero-order valence-corrected chi connectivity index (χ0v) is 8.24. The summed E-state index contributed by atoms with van der Waals surface area (Å²) in [4.78, 5) is 21.0. The van der Waals surface area contributed by atoms with Crippen molar-refractivity contribution in [3.05, 3.63) is 17.0 Å². The summed E-state index contributed by atoms with van der Waals surface area (Å²) >= 11 is 0.736. The zero-order chi connectivity index (χ0) is 10.1. The Hall–Kier alpha value is -1.01. The molecule has 0 bridgehead atoms. The van der Waals surface area contributed by atoms with Crippen LogP contribution in [-0.4, -0.2) is 19.8 Å². The summed E-state index contributed by atoms with van der Waals surface area (Å²) in [6.45, 7) is 0.972. The number of carbonyl (C=O) groups is 1. The minimum absolute atomic E-state index is 0.113. The molecule has 0 aliphatic rings. The molecule has 69 valence electrons. The summed E-state index contributed by atoms with van der Waals surface area (Å²) < 4.78 is 22.3. The van der Waals surface area contributed by atoms with E-state index in [1.165, 1.54) is 12.1 Å². The van der Waals surface area contributed by atoms with Gasteiger partial charge in [0, 0.05) is 6.92 Å². The Morgan fingerprint density at radius 3 is 2.46 bits per heavy atom. The first-order chi connectivity index (χ1) is 5.98. The maximum Gasteiger partial charge on any atom is 0.249 e. The molecule has 1 aromatic heterocycles. The van der Waals surface area contributed by atoms with Crippen molar-refractivity contribution in [3.63, 3.8) is 0 Å². The molecule has 0 aliphatic heterocycles. The van der Waals surface area contributed by atoms with E-state index in [0.717, 1.165) is 18.3 Å². The standard InChI is InChI=1S/C7H5O4S2/c1-5(9)13(10,11)7-3-2-6(4-8)12-7/h2-3H,1H3. The molecule has 0 unspecified atom stereocenters. The third kappa shape index (κ3) is 1.84. The van der Waals surface area contributed by atoms with Crippen LogP contribution in [0.4, 0.5) is 0 Å². The summed E-state index contributed by atoms with van der Waals surface area (Å²) in [7, 11) is -3.87. The Morgan fingerprint density at radius 2 is 2.08 bits per heavy atom. The van der Waals surface area contributed by atoms with Gasteiger partial charge in [-0.25, -0.2) is 8.42 Å². The van der Waals surface area contributed by atoms with Crippen LogP contribution in [0.25, 0.3) is 0 Å². The largest absolute Gasteiger partial charge is 0.284 e. The second-order valence-corrected chi connectivity index (χ2v) is 5.58. The Labute approximate surface area is 79.1 Å². The normalized spacial score (nSPS) is 11.2. The van der Waals surface area contributed by atoms with Crippen molar-refractivity contribution in [2.24, 2.45) is 0 Å². The molecule has 4 nitrogen and oxygen atoms in total. The van der Waals surface area contributed by atoms with Gasteiger partial charge in [0.15, 0.2) is 0 Å². The third-order valence-electron chi connectivity index (χ3n) is 1.33. The monoisotopic (exact) mass is 217 g/mol. The molecule has 1 aromatic rings. The molecule has 0 atom stereocenters. The van der Waals surface area contributed by atoms with Crippen LogP contribution in [-0.2, 0) is 19.4 Å². The molecule has 0 amide bonds. The highest BCUT2D eigenvalue weighted by Crippen LogP contribution is 2.21. The van der Waals surface area contributed by atoms with E-state index >= 15 is 0 Å². The highest BCUT2D eigenvalue weighted by Gasteiger charge is 2.22. The first-order valence-electron chi connectivity index (χ1n) is 3.22. The van der Waals surface area contributed by atoms with Crippen LogP contribution in [0.15, 0.2) is 16.3 Å². The van der Waals surface area contributed by atoms with Gasteiger partial charge < -0.3 is 0 Å². The predicted octanol–water partition coefficient (Wildman–Crippen LogP) is 0.526. The van der Waals surface area contributed by atoms with Gasteiger partial charge >= 0.3 is 0 Å². The second-order valence-electron chi connectivity index (χ2n) is 2.22. The SMILES string of the molecule is CC(=O)S(=O)(=O)c1ccc([C]=O)s1. The molecule has 0 saturated heterocycles. The molecule has 0 saturated carbocycles. The van der Waals surface area contributed by atoms with E-state index < -0.39 is 15.0 Å². The molecule has 0 spiro atoms. The van der Waals surface area contributed by atoms with Crippen molar-refractivity contribution < 1.29 is 18.0 Å². The molecule has 6 heteroatoms. The van der Waals surface area contributed by atoms with Crippen molar-refractivity contribution in [3.8, 4) is 0 Å². The fraction of sp³-hybridized carbons (Fsp3) is 0.143. The molecule has 1 rings (SSSR count). The number of sulfone groups is 1. The number of rotatable bonds is 2. The van der Waals surface area contributed by atoms with Gasteiger partial charge in [-0.05, 0) is 12.1 Å². The molecule has 1 radical (unpaired) electrons. The van der Waals surface area contributed by atoms with E-state index in [-0.39, 0.29) is 9.09 Å². The van der Waals surface area contributed by atoms with Crippen molar-refractivity contribution in [2.45, 2.75) is 11.1 Å². The van der Waals surface area contributed by atoms with Gasteiger partial charge in [0.1, 0.15) is 4.21 Å². The Morgan fingerprint density at radius 1 is 1.46 bits per heavy atom. The summed E-state index contributed by atoms with van der Waals surface area (Å²) in [5.74, 6) is 0. The summed E-state index contributed by atoms with van der Waals surface area (Å²) in [5.41, 5.74) is 0. The molecular formula is C7H5O4S2. The van der Waals surface area contributed by atoms with Crippen molar-refractivity contribution in [2.75, 3.05) is 0 Å². The summed E-state index contributed by atoms with van der Waals surface area (Å²) in [5, 5.41) is -0.924. The predicted molar refractivity (Wildman–Crippen MR) is 47.0 cm³/mol. The van der Waals surface area contributed by atoms with Crippen LogP contribution in [0, 0.1) is 0 Å². The maximum absolute atomic E-state index is 11.2. The summed E-state index contributed by atoms with van der Waals surface area (Å²) in [6.07, 6.45) is 1.55. The van der Waals surface area contributed by atoms with E-state index in [2.05, 4.69) is 0 Å². The Kier molecular flexibility index (Phi) is 2.63. The van der Waals surface area contributed by atoms with E-state index in [9.17, 15) is 18.0 Å². The smallest absolute Gasteiger partial charge is 0.249 e. The first kappa shape index (κ1) is 10.1. The lowest BCUT2D eigenvalue weighted by atomic mass is 10.5. The van der Waals surface area contributed by atoms with Gasteiger partial charge in [-0.2, -0.15) is 0 Å². The lowest BCUT2D eigenvalue weighted by Gasteiger charge is -1.92. The van der Waals surface area contributed by atoms with Crippen LogP contribution in [0.2, 0.25) is 0 Å². The van der Waals surface area contributed by atoms with E-state index in [0.29, 0.717) is 0 Å². The van der Waals surface area contributed by atoms with Crippen LogP contribution in [0.3, 0.4) is 0 Å². The molecule has 1 heterocycles. The molecule has 0 aromatic carbocycles. The number of carbonyl (C=O) groups excluding carboxylic acids is 2. The minimum atomic E-state index is -3.87. The summed E-state index contributed by atoms with van der Waals surface area (Å²) in [6, 6.07) is 2.54. The fourth-order valence-corrected chi connectivity index (χ4v) is 2.78. The second kappa shape index (κ2) is 3.39. The topological polar surface area (TPSA) is 68.3 Å². The van der Waals surface area contributed by atoms with E-state index in [1.54, 1.807) is 6.29 Å². The number of hydrogen-bond acceptors (Lipinski definition) is 5. The average Bonchev–Trinajstić information content (AvgIpc) is 2.51. The molecule has 0 fully saturated rings. The van der Waals surface area contributed by atoms with Gasteiger partial charge in [0.25, 0.3) is 0 Å². The maximum atomic E-state index is 11.2. The number of thiophene rings is 1. The molecule has 0 N–H and O–H groups in total. The van der Waals surface area contributed by atoms with Crippen LogP contribution in [0.5, 0.6) is 0 Å². The molecule has 0 aliphatic carbocycles. The van der Waals surface area contributed by atoms with Crippen molar-refractivity contribution >= 4 is 32.6 Å². The van der Waals surface area contributed by atoms with Gasteiger partial charge in [0.2, 0.25) is 21.2 Å². The molecule has 13 heavy (non-hydrogen) atoms. The van der Waals surface area contributed by atoms with Crippen LogP contribution < -0.4 is 0 Å². The van der Waals surface area contributed by atoms with Crippen molar-refractivity contribution in [1.29, 1.82) is 0 Å². The highest BCUT2D eigenvalue weighted by atomic mass is 32.2. The average molecular weight is 217 g/mol. The quantitative estimate of drug-likeness (QED) is 0.724. The third-order valence-corrected chi connectivity index (χ3v) is 4.43. The van der Waals surface area contributed by atoms with Crippen LogP contribution in [0.1, 0.15) is 11.8 Å². The minimum Gasteiger partial charge on any atom is -0.284 e. The number of hydrogen-bond donors (Lipinski definition) is 0. The first-order valence-corrected chi connectivity index (χ1v) is 5.52. The van der Waals surface area contributed by atoms with Gasteiger partial charge in [-0.1, -0.05) is 0 Å². The zero-order valence-electron chi connectivity index (χ0n) is 6.60. The van der Waals surface area contributed by atoms with Crippen molar-refractivity contribution in [1.82, 2.24) is 0 Å².